The second-order valence-electron chi connectivity index (χ2n) is 8.19. The molecule has 0 aliphatic carbocycles. The number of nitrogens with one attached hydrogen (secondary N) is 1. The highest BCUT2D eigenvalue weighted by Crippen LogP contribution is 2.20. The zero-order chi connectivity index (χ0) is 20.9. The Labute approximate surface area is 171 Å². The highest BCUT2D eigenvalue weighted by molar-refractivity contribution is 5.83. The van der Waals surface area contributed by atoms with Crippen molar-refractivity contribution in [3.63, 3.8) is 0 Å². The van der Waals surface area contributed by atoms with E-state index >= 15 is 0 Å². The van der Waals surface area contributed by atoms with Gasteiger partial charge in [-0.3, -0.25) is 9.69 Å². The summed E-state index contributed by atoms with van der Waals surface area (Å²) in [5.74, 6) is 0.599. The molecular formula is C23H28N2O4. The van der Waals surface area contributed by atoms with Crippen LogP contribution < -0.4 is 10.1 Å². The molecule has 2 amide bonds. The monoisotopic (exact) mass is 396 g/mol. The van der Waals surface area contributed by atoms with Gasteiger partial charge in [-0.05, 0) is 50.5 Å². The summed E-state index contributed by atoms with van der Waals surface area (Å²) in [6.07, 6.45) is 0.135. The molecule has 0 bridgehead atoms. The number of nitrogens with zero attached hydrogens (tertiary/aromatic N) is 1. The lowest BCUT2D eigenvalue weighted by molar-refractivity contribution is -0.125. The Kier molecular flexibility index (Phi) is 6.42. The number of hydrogen-bond acceptors (Lipinski definition) is 4. The summed E-state index contributed by atoms with van der Waals surface area (Å²) in [5.41, 5.74) is 1.52. The minimum absolute atomic E-state index is 0.00375. The summed E-state index contributed by atoms with van der Waals surface area (Å²) < 4.78 is 11.4. The van der Waals surface area contributed by atoms with E-state index in [4.69, 9.17) is 9.47 Å². The van der Waals surface area contributed by atoms with Crippen LogP contribution in [0.15, 0.2) is 54.6 Å². The number of piperazine rings is 1. The predicted molar refractivity (Wildman–Crippen MR) is 111 cm³/mol. The van der Waals surface area contributed by atoms with E-state index < -0.39 is 11.7 Å². The lowest BCUT2D eigenvalue weighted by Gasteiger charge is -2.36. The molecule has 0 saturated carbocycles. The molecule has 0 aromatic heterocycles. The Morgan fingerprint density at radius 3 is 2.55 bits per heavy atom. The molecule has 1 aliphatic heterocycles. The Morgan fingerprint density at radius 1 is 1.10 bits per heavy atom. The van der Waals surface area contributed by atoms with Crippen LogP contribution in [0.3, 0.4) is 0 Å². The zero-order valence-corrected chi connectivity index (χ0v) is 17.2. The van der Waals surface area contributed by atoms with Crippen LogP contribution in [0, 0.1) is 0 Å². The van der Waals surface area contributed by atoms with Gasteiger partial charge in [-0.2, -0.15) is 0 Å². The van der Waals surface area contributed by atoms with Crippen molar-refractivity contribution in [1.29, 1.82) is 0 Å². The smallest absolute Gasteiger partial charge is 0.411 e. The topological polar surface area (TPSA) is 67.9 Å². The largest absolute Gasteiger partial charge is 0.489 e. The van der Waals surface area contributed by atoms with Gasteiger partial charge in [0.05, 0.1) is 6.04 Å². The molecule has 1 unspecified atom stereocenters. The maximum Gasteiger partial charge on any atom is 0.411 e. The Bertz CT molecular complexity index is 845. The molecule has 154 valence electrons. The van der Waals surface area contributed by atoms with E-state index in [1.165, 1.54) is 4.90 Å². The molecular weight excluding hydrogens is 368 g/mol. The van der Waals surface area contributed by atoms with E-state index in [-0.39, 0.29) is 18.5 Å². The third-order valence-electron chi connectivity index (χ3n) is 4.54. The van der Waals surface area contributed by atoms with Crippen LogP contribution in [0.2, 0.25) is 0 Å². The van der Waals surface area contributed by atoms with Gasteiger partial charge in [0, 0.05) is 6.54 Å². The van der Waals surface area contributed by atoms with E-state index in [2.05, 4.69) is 5.32 Å². The quantitative estimate of drug-likeness (QED) is 0.839. The van der Waals surface area contributed by atoms with Gasteiger partial charge in [-0.15, -0.1) is 0 Å². The van der Waals surface area contributed by atoms with Gasteiger partial charge in [0.25, 0.3) is 0 Å². The molecule has 1 aliphatic rings. The number of carbonyl (C=O) groups is 2. The van der Waals surface area contributed by atoms with Gasteiger partial charge in [-0.1, -0.05) is 42.5 Å². The van der Waals surface area contributed by atoms with Crippen LogP contribution in [0.25, 0.3) is 0 Å². The third kappa shape index (κ3) is 6.24. The highest BCUT2D eigenvalue weighted by Gasteiger charge is 2.33. The van der Waals surface area contributed by atoms with Crippen molar-refractivity contribution in [3.05, 3.63) is 65.7 Å². The SMILES string of the molecule is CC(C)(C)OC(=O)N1CC(=O)NCC1Cc1cccc(OCc2ccccc2)c1. The molecule has 2 aromatic rings. The fraction of sp³-hybridized carbons (Fsp3) is 0.391. The van der Waals surface area contributed by atoms with Crippen LogP contribution in [0.1, 0.15) is 31.9 Å². The molecule has 1 fully saturated rings. The van der Waals surface area contributed by atoms with Crippen molar-refractivity contribution in [2.24, 2.45) is 0 Å². The first-order chi connectivity index (χ1) is 13.8. The predicted octanol–water partition coefficient (Wildman–Crippen LogP) is 3.54. The van der Waals surface area contributed by atoms with Crippen molar-refractivity contribution in [1.82, 2.24) is 10.2 Å². The van der Waals surface area contributed by atoms with Gasteiger partial charge < -0.3 is 14.8 Å². The molecule has 2 aromatic carbocycles. The van der Waals surface area contributed by atoms with Crippen molar-refractivity contribution in [2.75, 3.05) is 13.1 Å². The molecule has 6 heteroatoms. The fourth-order valence-corrected chi connectivity index (χ4v) is 3.17. The maximum absolute atomic E-state index is 12.6. The summed E-state index contributed by atoms with van der Waals surface area (Å²) in [6, 6.07) is 17.6. The molecule has 0 spiro atoms. The Balaban J connectivity index is 1.66. The highest BCUT2D eigenvalue weighted by atomic mass is 16.6. The van der Waals surface area contributed by atoms with E-state index in [1.54, 1.807) is 0 Å². The van der Waals surface area contributed by atoms with Gasteiger partial charge in [0.1, 0.15) is 24.5 Å². The molecule has 3 rings (SSSR count). The third-order valence-corrected chi connectivity index (χ3v) is 4.54. The van der Waals surface area contributed by atoms with Gasteiger partial charge in [0.2, 0.25) is 5.91 Å². The Morgan fingerprint density at radius 2 is 1.83 bits per heavy atom. The van der Waals surface area contributed by atoms with Crippen LogP contribution in [0.5, 0.6) is 5.75 Å². The second-order valence-corrected chi connectivity index (χ2v) is 8.19. The average Bonchev–Trinajstić information content (AvgIpc) is 2.67. The number of amides is 2. The number of benzene rings is 2. The molecule has 1 atom stereocenters. The lowest BCUT2D eigenvalue weighted by atomic mass is 10.0. The first-order valence-corrected chi connectivity index (χ1v) is 9.82. The second kappa shape index (κ2) is 8.99. The summed E-state index contributed by atoms with van der Waals surface area (Å²) in [6.45, 7) is 6.34. The van der Waals surface area contributed by atoms with Crippen molar-refractivity contribution < 1.29 is 19.1 Å². The minimum Gasteiger partial charge on any atom is -0.489 e. The molecule has 1 heterocycles. The summed E-state index contributed by atoms with van der Waals surface area (Å²) in [5, 5.41) is 2.84. The van der Waals surface area contributed by atoms with Gasteiger partial charge >= 0.3 is 6.09 Å². The molecule has 1 saturated heterocycles. The minimum atomic E-state index is -0.610. The fourth-order valence-electron chi connectivity index (χ4n) is 3.17. The number of ether oxygens (including phenoxy) is 2. The van der Waals surface area contributed by atoms with Crippen LogP contribution >= 0.6 is 0 Å². The summed E-state index contributed by atoms with van der Waals surface area (Å²) in [4.78, 5) is 25.9. The Hall–Kier alpha value is -3.02. The van der Waals surface area contributed by atoms with Gasteiger partial charge in [-0.25, -0.2) is 4.79 Å². The first kappa shape index (κ1) is 20.7. The first-order valence-electron chi connectivity index (χ1n) is 9.82. The standard InChI is InChI=1S/C23H28N2O4/c1-23(2,3)29-22(27)25-15-21(26)24-14-19(25)12-18-10-7-11-20(13-18)28-16-17-8-5-4-6-9-17/h4-11,13,19H,12,14-16H2,1-3H3,(H,24,26). The summed E-state index contributed by atoms with van der Waals surface area (Å²) >= 11 is 0. The van der Waals surface area contributed by atoms with Gasteiger partial charge in [0.15, 0.2) is 0 Å². The van der Waals surface area contributed by atoms with Crippen molar-refractivity contribution in [3.8, 4) is 5.75 Å². The normalized spacial score (nSPS) is 16.9. The van der Waals surface area contributed by atoms with Crippen molar-refractivity contribution >= 4 is 12.0 Å². The van der Waals surface area contributed by atoms with E-state index in [9.17, 15) is 9.59 Å². The van der Waals surface area contributed by atoms with E-state index in [1.807, 2.05) is 75.4 Å². The number of rotatable bonds is 5. The average molecular weight is 396 g/mol. The number of hydrogen-bond donors (Lipinski definition) is 1. The molecule has 1 N–H and O–H groups in total. The molecule has 29 heavy (non-hydrogen) atoms. The van der Waals surface area contributed by atoms with Crippen LogP contribution in [-0.2, 0) is 22.6 Å². The van der Waals surface area contributed by atoms with Crippen molar-refractivity contribution in [2.45, 2.75) is 45.4 Å². The summed E-state index contributed by atoms with van der Waals surface area (Å²) in [7, 11) is 0. The number of carbonyl (C=O) groups excluding carboxylic acids is 2. The molecule has 0 radical (unpaired) electrons. The maximum atomic E-state index is 12.6. The lowest BCUT2D eigenvalue weighted by Crippen LogP contribution is -2.57. The zero-order valence-electron chi connectivity index (χ0n) is 17.2. The van der Waals surface area contributed by atoms with Crippen LogP contribution in [0.4, 0.5) is 4.79 Å². The van der Waals surface area contributed by atoms with Crippen LogP contribution in [-0.4, -0.2) is 41.6 Å². The molecule has 6 nitrogen and oxygen atoms in total. The van der Waals surface area contributed by atoms with E-state index in [0.29, 0.717) is 19.6 Å². The van der Waals surface area contributed by atoms with E-state index in [0.717, 1.165) is 16.9 Å².